The van der Waals surface area contributed by atoms with Crippen molar-refractivity contribution in [2.75, 3.05) is 6.54 Å². The number of carbonyl (C=O) groups is 3. The Kier molecular flexibility index (Phi) is 6.16. The quantitative estimate of drug-likeness (QED) is 0.404. The van der Waals surface area contributed by atoms with E-state index in [2.05, 4.69) is 30.1 Å². The summed E-state index contributed by atoms with van der Waals surface area (Å²) in [5.74, 6) is -1.72. The van der Waals surface area contributed by atoms with Crippen LogP contribution in [0.3, 0.4) is 0 Å². The Morgan fingerprint density at radius 1 is 1.05 bits per heavy atom. The lowest BCUT2D eigenvalue weighted by Crippen LogP contribution is -2.42. The number of aliphatic carboxylic acids is 1. The van der Waals surface area contributed by atoms with Crippen LogP contribution in [0, 0.1) is 36.5 Å². The Morgan fingerprint density at radius 3 is 2.55 bits per heavy atom. The minimum absolute atomic E-state index is 0.00428. The third-order valence-electron chi connectivity index (χ3n) is 9.26. The Morgan fingerprint density at radius 2 is 1.77 bits per heavy atom. The van der Waals surface area contributed by atoms with Gasteiger partial charge in [-0.3, -0.25) is 24.1 Å². The largest absolute Gasteiger partial charge is 0.489 e. The van der Waals surface area contributed by atoms with Crippen LogP contribution in [0.1, 0.15) is 40.3 Å². The first-order valence-corrected chi connectivity index (χ1v) is 15.3. The summed E-state index contributed by atoms with van der Waals surface area (Å²) in [6.45, 7) is 2.39. The second kappa shape index (κ2) is 9.62. The Bertz CT molecular complexity index is 1600. The van der Waals surface area contributed by atoms with Crippen LogP contribution in [-0.2, 0) is 21.0 Å². The minimum atomic E-state index is -1.03. The van der Waals surface area contributed by atoms with Crippen LogP contribution in [0.4, 0.5) is 0 Å². The number of aryl methyl sites for hydroxylation is 1. The molecule has 7 rings (SSSR count). The van der Waals surface area contributed by atoms with Gasteiger partial charge in [0.2, 0.25) is 11.8 Å². The van der Waals surface area contributed by atoms with Crippen molar-refractivity contribution in [2.24, 2.45) is 29.6 Å². The molecule has 7 atom stereocenters. The van der Waals surface area contributed by atoms with Gasteiger partial charge in [-0.15, -0.1) is 11.8 Å². The number of likely N-dealkylation sites (tertiary alicyclic amines) is 1. The fourth-order valence-electron chi connectivity index (χ4n) is 7.65. The SMILES string of the molecule is Cc1ccccc1COc1ccccc1[C@H]1c2sc(=O)[nH]c2SC2C3CC(C4C(=O)N(CCC(=O)O)C(=O)C34)C21. The molecule has 3 aromatic rings. The van der Waals surface area contributed by atoms with Crippen molar-refractivity contribution in [3.63, 3.8) is 0 Å². The van der Waals surface area contributed by atoms with Gasteiger partial charge in [0.1, 0.15) is 12.4 Å². The summed E-state index contributed by atoms with van der Waals surface area (Å²) < 4.78 is 6.43. The van der Waals surface area contributed by atoms with Crippen LogP contribution in [0.5, 0.6) is 5.75 Å². The number of carbonyl (C=O) groups excluding carboxylic acids is 2. The van der Waals surface area contributed by atoms with E-state index in [0.29, 0.717) is 6.61 Å². The van der Waals surface area contributed by atoms with Gasteiger partial charge in [-0.1, -0.05) is 53.8 Å². The van der Waals surface area contributed by atoms with Crippen molar-refractivity contribution in [3.05, 3.63) is 79.8 Å². The van der Waals surface area contributed by atoms with Gasteiger partial charge in [-0.05, 0) is 48.3 Å². The first-order valence-electron chi connectivity index (χ1n) is 13.6. The zero-order valence-corrected chi connectivity index (χ0v) is 23.4. The molecule has 2 bridgehead atoms. The molecule has 0 spiro atoms. The van der Waals surface area contributed by atoms with E-state index in [1.165, 1.54) is 16.2 Å². The monoisotopic (exact) mass is 576 g/mol. The van der Waals surface area contributed by atoms with Crippen LogP contribution < -0.4 is 9.61 Å². The maximum Gasteiger partial charge on any atom is 0.305 e. The lowest BCUT2D eigenvalue weighted by molar-refractivity contribution is -0.142. The second-order valence-electron chi connectivity index (χ2n) is 11.2. The molecule has 4 aliphatic rings. The van der Waals surface area contributed by atoms with Crippen molar-refractivity contribution in [1.29, 1.82) is 0 Å². The highest BCUT2D eigenvalue weighted by Gasteiger charge is 2.69. The molecule has 2 aliphatic heterocycles. The molecule has 8 nitrogen and oxygen atoms in total. The fraction of sp³-hybridized carbons (Fsp3) is 0.400. The number of hydrogen-bond donors (Lipinski definition) is 2. The van der Waals surface area contributed by atoms with Crippen LogP contribution in [0.2, 0.25) is 0 Å². The zero-order chi connectivity index (χ0) is 27.7. The fourth-order valence-corrected chi connectivity index (χ4v) is 10.5. The number of hydrogen-bond acceptors (Lipinski definition) is 7. The molecule has 2 aliphatic carbocycles. The number of rotatable bonds is 7. The van der Waals surface area contributed by atoms with Crippen molar-refractivity contribution in [2.45, 2.75) is 42.6 Å². The number of nitrogens with one attached hydrogen (secondary N) is 1. The molecule has 6 unspecified atom stereocenters. The summed E-state index contributed by atoms with van der Waals surface area (Å²) in [4.78, 5) is 55.8. The van der Waals surface area contributed by atoms with Gasteiger partial charge < -0.3 is 14.8 Å². The third kappa shape index (κ3) is 3.87. The highest BCUT2D eigenvalue weighted by atomic mass is 32.2. The van der Waals surface area contributed by atoms with Gasteiger partial charge in [-0.25, -0.2) is 0 Å². The number of amides is 2. The number of imide groups is 1. The lowest BCUT2D eigenvalue weighted by atomic mass is 9.68. The Hall–Kier alpha value is -3.37. The summed E-state index contributed by atoms with van der Waals surface area (Å²) in [5, 5.41) is 10.1. The van der Waals surface area contributed by atoms with E-state index in [9.17, 15) is 19.2 Å². The van der Waals surface area contributed by atoms with E-state index in [1.54, 1.807) is 11.8 Å². The number of benzene rings is 2. The topological polar surface area (TPSA) is 117 Å². The summed E-state index contributed by atoms with van der Waals surface area (Å²) in [6, 6.07) is 16.1. The predicted octanol–water partition coefficient (Wildman–Crippen LogP) is 4.27. The number of fused-ring (bicyclic) bond motifs is 9. The van der Waals surface area contributed by atoms with Crippen molar-refractivity contribution >= 4 is 40.9 Å². The van der Waals surface area contributed by atoms with Crippen LogP contribution >= 0.6 is 23.1 Å². The molecule has 3 fully saturated rings. The molecule has 3 heterocycles. The van der Waals surface area contributed by atoms with Gasteiger partial charge in [0.05, 0.1) is 23.3 Å². The number of aromatic amines is 1. The summed E-state index contributed by atoms with van der Waals surface area (Å²) in [6.07, 6.45) is 0.532. The Balaban J connectivity index is 1.27. The van der Waals surface area contributed by atoms with Crippen LogP contribution in [0.15, 0.2) is 58.4 Å². The first kappa shape index (κ1) is 25.6. The number of thioether (sulfide) groups is 1. The number of carboxylic acids is 1. The van der Waals surface area contributed by atoms with E-state index in [1.807, 2.05) is 30.3 Å². The minimum Gasteiger partial charge on any atom is -0.489 e. The molecule has 2 N–H and O–H groups in total. The summed E-state index contributed by atoms with van der Waals surface area (Å²) in [7, 11) is 0. The molecule has 40 heavy (non-hydrogen) atoms. The first-order chi connectivity index (χ1) is 19.3. The molecule has 206 valence electrons. The lowest BCUT2D eigenvalue weighted by Gasteiger charge is -2.43. The normalized spacial score (nSPS) is 29.8. The van der Waals surface area contributed by atoms with Gasteiger partial charge >= 0.3 is 10.8 Å². The number of aromatic nitrogens is 1. The van der Waals surface area contributed by atoms with Gasteiger partial charge in [0, 0.05) is 28.2 Å². The zero-order valence-electron chi connectivity index (χ0n) is 21.7. The molecular weight excluding hydrogens is 548 g/mol. The van der Waals surface area contributed by atoms with Gasteiger partial charge in [0.25, 0.3) is 0 Å². The third-order valence-corrected chi connectivity index (χ3v) is 11.9. The molecule has 2 saturated carbocycles. The molecular formula is C30H28N2O6S2. The van der Waals surface area contributed by atoms with E-state index < -0.39 is 17.8 Å². The number of ether oxygens (including phenoxy) is 1. The molecule has 2 amide bonds. The van der Waals surface area contributed by atoms with Crippen molar-refractivity contribution in [1.82, 2.24) is 9.88 Å². The standard InChI is InChI=1S/C30H28N2O6S2/c1-14-6-2-3-7-15(14)13-38-19-9-5-4-8-16(19)21-22-17-12-18(25(22)39-27-26(21)40-30(37)31-27)24-23(17)28(35)32(29(24)36)11-10-20(33)34/h2-9,17-18,21-25H,10-13H2,1H3,(H,31,37)(H,33,34)/t17?,18?,21-,22?,23?,24?,25?/m1/s1. The molecule has 2 aromatic carbocycles. The molecule has 0 radical (unpaired) electrons. The Labute approximate surface area is 238 Å². The van der Waals surface area contributed by atoms with Gasteiger partial charge in [0.15, 0.2) is 0 Å². The highest BCUT2D eigenvalue weighted by Crippen LogP contribution is 2.69. The van der Waals surface area contributed by atoms with Crippen LogP contribution in [-0.4, -0.2) is 44.6 Å². The highest BCUT2D eigenvalue weighted by molar-refractivity contribution is 8.00. The van der Waals surface area contributed by atoms with Gasteiger partial charge in [-0.2, -0.15) is 0 Å². The van der Waals surface area contributed by atoms with E-state index in [4.69, 9.17) is 9.84 Å². The molecule has 10 heteroatoms. The van der Waals surface area contributed by atoms with Crippen LogP contribution in [0.25, 0.3) is 0 Å². The number of para-hydroxylation sites is 1. The van der Waals surface area contributed by atoms with E-state index in [0.717, 1.165) is 38.8 Å². The number of carboxylic acid groups (broad SMARTS) is 1. The summed E-state index contributed by atoms with van der Waals surface area (Å²) >= 11 is 2.86. The number of thiazole rings is 1. The summed E-state index contributed by atoms with van der Waals surface area (Å²) in [5.41, 5.74) is 3.24. The van der Waals surface area contributed by atoms with Crippen molar-refractivity contribution in [3.8, 4) is 5.75 Å². The number of nitrogens with zero attached hydrogens (tertiary/aromatic N) is 1. The maximum atomic E-state index is 13.6. The van der Waals surface area contributed by atoms with E-state index >= 15 is 0 Å². The smallest absolute Gasteiger partial charge is 0.305 e. The average molecular weight is 577 g/mol. The second-order valence-corrected chi connectivity index (χ2v) is 13.4. The maximum absolute atomic E-state index is 13.6. The molecule has 1 aromatic heterocycles. The molecule has 1 saturated heterocycles. The average Bonchev–Trinajstić information content (AvgIpc) is 3.66. The van der Waals surface area contributed by atoms with E-state index in [-0.39, 0.29) is 58.6 Å². The number of H-pyrrole nitrogens is 1. The predicted molar refractivity (Wildman–Crippen MR) is 149 cm³/mol. The van der Waals surface area contributed by atoms with Crippen molar-refractivity contribution < 1.29 is 24.2 Å².